The highest BCUT2D eigenvalue weighted by Crippen LogP contribution is 2.19. The number of hydrogen-bond acceptors (Lipinski definition) is 2. The number of hydrogen-bond donors (Lipinski definition) is 0. The van der Waals surface area contributed by atoms with Crippen molar-refractivity contribution in [1.29, 1.82) is 0 Å². The van der Waals surface area contributed by atoms with Gasteiger partial charge >= 0.3 is 0 Å². The summed E-state index contributed by atoms with van der Waals surface area (Å²) in [4.78, 5) is 16.5. The molecule has 0 amide bonds. The average Bonchev–Trinajstić information content (AvgIpc) is 2.47. The zero-order valence-corrected chi connectivity index (χ0v) is 10.4. The van der Waals surface area contributed by atoms with Crippen LogP contribution in [0.3, 0.4) is 0 Å². The van der Waals surface area contributed by atoms with Gasteiger partial charge in [-0.3, -0.25) is 9.78 Å². The van der Waals surface area contributed by atoms with Gasteiger partial charge in [-0.15, -0.1) is 0 Å². The first-order valence-corrected chi connectivity index (χ1v) is 6.24. The van der Waals surface area contributed by atoms with E-state index in [4.69, 9.17) is 0 Å². The van der Waals surface area contributed by atoms with Crippen LogP contribution in [0.4, 0.5) is 0 Å². The molecule has 2 nitrogen and oxygen atoms in total. The lowest BCUT2D eigenvalue weighted by Gasteiger charge is -2.05. The van der Waals surface area contributed by atoms with Crippen LogP contribution in [0, 0.1) is 0 Å². The fourth-order valence-electron chi connectivity index (χ4n) is 2.23. The number of nitrogens with zero attached hydrogens (tertiary/aromatic N) is 1. The number of Topliss-reactive ketones (excluding diaryl/α,β-unsaturated/α-hetero) is 1. The van der Waals surface area contributed by atoms with Gasteiger partial charge in [0, 0.05) is 29.8 Å². The van der Waals surface area contributed by atoms with E-state index in [-0.39, 0.29) is 5.78 Å². The van der Waals surface area contributed by atoms with Crippen molar-refractivity contribution >= 4 is 16.6 Å². The molecule has 2 aromatic carbocycles. The Hall–Kier alpha value is -2.48. The first-order chi connectivity index (χ1) is 9.34. The molecule has 0 saturated carbocycles. The second-order valence-corrected chi connectivity index (χ2v) is 4.49. The number of carbonyl (C=O) groups excluding carboxylic acids is 1. The maximum absolute atomic E-state index is 12.4. The second kappa shape index (κ2) is 5.02. The number of pyridine rings is 1. The van der Waals surface area contributed by atoms with E-state index >= 15 is 0 Å². The largest absolute Gasteiger partial charge is 0.294 e. The molecule has 0 fully saturated rings. The first-order valence-electron chi connectivity index (χ1n) is 6.24. The molecule has 92 valence electrons. The van der Waals surface area contributed by atoms with Crippen molar-refractivity contribution in [2.24, 2.45) is 0 Å². The second-order valence-electron chi connectivity index (χ2n) is 4.49. The van der Waals surface area contributed by atoms with E-state index in [1.54, 1.807) is 12.4 Å². The fraction of sp³-hybridized carbons (Fsp3) is 0.0588. The van der Waals surface area contributed by atoms with E-state index in [9.17, 15) is 4.79 Å². The normalized spacial score (nSPS) is 10.5. The van der Waals surface area contributed by atoms with Crippen LogP contribution in [0.25, 0.3) is 10.8 Å². The van der Waals surface area contributed by atoms with Crippen molar-refractivity contribution in [2.75, 3.05) is 0 Å². The summed E-state index contributed by atoms with van der Waals surface area (Å²) < 4.78 is 0. The van der Waals surface area contributed by atoms with E-state index in [2.05, 4.69) is 4.98 Å². The SMILES string of the molecule is O=C(Cc1ccccc1)c1cccc2ccncc12. The van der Waals surface area contributed by atoms with Gasteiger partial charge in [0.2, 0.25) is 0 Å². The van der Waals surface area contributed by atoms with E-state index < -0.39 is 0 Å². The van der Waals surface area contributed by atoms with Crippen molar-refractivity contribution in [3.63, 3.8) is 0 Å². The summed E-state index contributed by atoms with van der Waals surface area (Å²) in [5, 5.41) is 1.97. The predicted octanol–water partition coefficient (Wildman–Crippen LogP) is 3.66. The zero-order chi connectivity index (χ0) is 13.1. The topological polar surface area (TPSA) is 30.0 Å². The Labute approximate surface area is 111 Å². The average molecular weight is 247 g/mol. The van der Waals surface area contributed by atoms with Gasteiger partial charge in [-0.25, -0.2) is 0 Å². The summed E-state index contributed by atoms with van der Waals surface area (Å²) in [5.41, 5.74) is 1.78. The summed E-state index contributed by atoms with van der Waals surface area (Å²) in [6.07, 6.45) is 3.93. The Morgan fingerprint density at radius 3 is 2.63 bits per heavy atom. The Kier molecular flexibility index (Phi) is 3.07. The molecule has 0 atom stereocenters. The Morgan fingerprint density at radius 2 is 1.79 bits per heavy atom. The molecule has 0 bridgehead atoms. The molecule has 0 unspecified atom stereocenters. The van der Waals surface area contributed by atoms with Crippen LogP contribution in [-0.2, 0) is 6.42 Å². The van der Waals surface area contributed by atoms with Crippen molar-refractivity contribution < 1.29 is 4.79 Å². The predicted molar refractivity (Wildman–Crippen MR) is 76.2 cm³/mol. The van der Waals surface area contributed by atoms with Crippen LogP contribution >= 0.6 is 0 Å². The number of benzene rings is 2. The molecule has 1 aromatic heterocycles. The van der Waals surface area contributed by atoms with E-state index in [1.807, 2.05) is 54.6 Å². The molecular formula is C17H13NO. The Bertz CT molecular complexity index is 714. The van der Waals surface area contributed by atoms with Crippen LogP contribution in [0.2, 0.25) is 0 Å². The number of fused-ring (bicyclic) bond motifs is 1. The number of carbonyl (C=O) groups is 1. The number of rotatable bonds is 3. The highest BCUT2D eigenvalue weighted by molar-refractivity contribution is 6.08. The van der Waals surface area contributed by atoms with Crippen LogP contribution in [0.1, 0.15) is 15.9 Å². The third kappa shape index (κ3) is 2.38. The molecule has 19 heavy (non-hydrogen) atoms. The van der Waals surface area contributed by atoms with Gasteiger partial charge in [0.1, 0.15) is 0 Å². The highest BCUT2D eigenvalue weighted by atomic mass is 16.1. The molecule has 3 rings (SSSR count). The van der Waals surface area contributed by atoms with Gasteiger partial charge in [-0.05, 0) is 17.0 Å². The molecular weight excluding hydrogens is 234 g/mol. The van der Waals surface area contributed by atoms with Crippen molar-refractivity contribution in [3.8, 4) is 0 Å². The third-order valence-corrected chi connectivity index (χ3v) is 3.19. The van der Waals surface area contributed by atoms with Gasteiger partial charge in [-0.1, -0.05) is 48.5 Å². The fourth-order valence-corrected chi connectivity index (χ4v) is 2.23. The molecule has 0 aliphatic rings. The summed E-state index contributed by atoms with van der Waals surface area (Å²) in [6, 6.07) is 17.5. The van der Waals surface area contributed by atoms with Crippen LogP contribution in [0.15, 0.2) is 67.0 Å². The van der Waals surface area contributed by atoms with Gasteiger partial charge in [0.05, 0.1) is 0 Å². The first kappa shape index (κ1) is 11.6. The van der Waals surface area contributed by atoms with Gasteiger partial charge in [-0.2, -0.15) is 0 Å². The maximum atomic E-state index is 12.4. The molecule has 0 radical (unpaired) electrons. The summed E-state index contributed by atoms with van der Waals surface area (Å²) in [6.45, 7) is 0. The molecule has 0 aliphatic carbocycles. The summed E-state index contributed by atoms with van der Waals surface area (Å²) >= 11 is 0. The molecule has 2 heteroatoms. The molecule has 3 aromatic rings. The minimum atomic E-state index is 0.129. The molecule has 0 N–H and O–H groups in total. The third-order valence-electron chi connectivity index (χ3n) is 3.19. The van der Waals surface area contributed by atoms with E-state index in [0.717, 1.165) is 21.9 Å². The van der Waals surface area contributed by atoms with E-state index in [0.29, 0.717) is 6.42 Å². The Balaban J connectivity index is 1.98. The van der Waals surface area contributed by atoms with Gasteiger partial charge < -0.3 is 0 Å². The smallest absolute Gasteiger partial charge is 0.167 e. The Morgan fingerprint density at radius 1 is 0.947 bits per heavy atom. The highest BCUT2D eigenvalue weighted by Gasteiger charge is 2.10. The zero-order valence-electron chi connectivity index (χ0n) is 10.4. The van der Waals surface area contributed by atoms with Crippen molar-refractivity contribution in [2.45, 2.75) is 6.42 Å². The van der Waals surface area contributed by atoms with Gasteiger partial charge in [0.25, 0.3) is 0 Å². The molecule has 0 aliphatic heterocycles. The number of aromatic nitrogens is 1. The lowest BCUT2D eigenvalue weighted by atomic mass is 9.99. The number of ketones is 1. The van der Waals surface area contributed by atoms with Crippen molar-refractivity contribution in [3.05, 3.63) is 78.1 Å². The van der Waals surface area contributed by atoms with Crippen LogP contribution in [0.5, 0.6) is 0 Å². The van der Waals surface area contributed by atoms with Crippen LogP contribution in [-0.4, -0.2) is 10.8 Å². The molecule has 0 spiro atoms. The van der Waals surface area contributed by atoms with Crippen LogP contribution < -0.4 is 0 Å². The monoisotopic (exact) mass is 247 g/mol. The minimum Gasteiger partial charge on any atom is -0.294 e. The molecule has 1 heterocycles. The summed E-state index contributed by atoms with van der Waals surface area (Å²) in [7, 11) is 0. The van der Waals surface area contributed by atoms with E-state index in [1.165, 1.54) is 0 Å². The summed E-state index contributed by atoms with van der Waals surface area (Å²) in [5.74, 6) is 0.129. The minimum absolute atomic E-state index is 0.129. The van der Waals surface area contributed by atoms with Gasteiger partial charge in [0.15, 0.2) is 5.78 Å². The lowest BCUT2D eigenvalue weighted by Crippen LogP contribution is -2.04. The molecule has 0 saturated heterocycles. The quantitative estimate of drug-likeness (QED) is 0.661. The lowest BCUT2D eigenvalue weighted by molar-refractivity contribution is 0.0994. The van der Waals surface area contributed by atoms with Crippen molar-refractivity contribution in [1.82, 2.24) is 4.98 Å². The maximum Gasteiger partial charge on any atom is 0.167 e. The standard InChI is InChI=1S/C17H13NO/c19-17(11-13-5-2-1-3-6-13)15-8-4-7-14-9-10-18-12-16(14)15/h1-10,12H,11H2.